The molecule has 1 N–H and O–H groups in total. The number of hydrogen-bond donors (Lipinski definition) is 1. The third-order valence-corrected chi connectivity index (χ3v) is 7.44. The summed E-state index contributed by atoms with van der Waals surface area (Å²) in [4.78, 5) is 12.7. The van der Waals surface area contributed by atoms with Gasteiger partial charge in [-0.2, -0.15) is 4.31 Å². The smallest absolute Gasteiger partial charge is 0.243 e. The van der Waals surface area contributed by atoms with Crippen molar-refractivity contribution in [2.45, 2.75) is 11.4 Å². The number of carbonyl (C=O) groups is 1. The predicted molar refractivity (Wildman–Crippen MR) is 128 cm³/mol. The standard InChI is InChI=1S/C21H17Cl2IN2O3S/c22-19-11-6-15(12-20(19)23)13-26(30(28,29)18-4-2-1-3-5-18)14-21(27)25-17-9-7-16(24)8-10-17/h1-12H,13-14H2,(H,25,27). The first kappa shape index (κ1) is 23.0. The number of nitrogens with one attached hydrogen (secondary N) is 1. The molecule has 3 aromatic rings. The van der Waals surface area contributed by atoms with Crippen molar-refractivity contribution >= 4 is 67.4 Å². The summed E-state index contributed by atoms with van der Waals surface area (Å²) < 4.78 is 28.6. The molecule has 0 unspecified atom stereocenters. The topological polar surface area (TPSA) is 66.5 Å². The van der Waals surface area contributed by atoms with E-state index < -0.39 is 15.9 Å². The Bertz CT molecular complexity index is 1140. The summed E-state index contributed by atoms with van der Waals surface area (Å²) in [6.07, 6.45) is 0. The van der Waals surface area contributed by atoms with Gasteiger partial charge in [0, 0.05) is 15.8 Å². The molecule has 0 aliphatic heterocycles. The Labute approximate surface area is 199 Å². The van der Waals surface area contributed by atoms with Crippen LogP contribution < -0.4 is 5.32 Å². The quantitative estimate of drug-likeness (QED) is 0.383. The lowest BCUT2D eigenvalue weighted by Crippen LogP contribution is -2.37. The molecule has 156 valence electrons. The molecule has 0 heterocycles. The van der Waals surface area contributed by atoms with Crippen LogP contribution >= 0.6 is 45.8 Å². The van der Waals surface area contributed by atoms with Gasteiger partial charge in [-0.1, -0.05) is 47.5 Å². The fourth-order valence-electron chi connectivity index (χ4n) is 2.70. The molecule has 0 aliphatic carbocycles. The second-order valence-corrected chi connectivity index (χ2v) is 10.4. The van der Waals surface area contributed by atoms with E-state index in [9.17, 15) is 13.2 Å². The van der Waals surface area contributed by atoms with Gasteiger partial charge in [-0.3, -0.25) is 4.79 Å². The number of anilines is 1. The van der Waals surface area contributed by atoms with E-state index in [0.717, 1.165) is 7.88 Å². The van der Waals surface area contributed by atoms with Crippen molar-refractivity contribution in [2.75, 3.05) is 11.9 Å². The van der Waals surface area contributed by atoms with Crippen LogP contribution in [0.15, 0.2) is 77.7 Å². The number of benzene rings is 3. The second kappa shape index (κ2) is 10.1. The first-order valence-corrected chi connectivity index (χ1v) is 12.1. The second-order valence-electron chi connectivity index (χ2n) is 6.39. The molecule has 0 aliphatic rings. The van der Waals surface area contributed by atoms with Crippen molar-refractivity contribution in [3.05, 3.63) is 92.0 Å². The summed E-state index contributed by atoms with van der Waals surface area (Å²) in [5, 5.41) is 3.42. The highest BCUT2D eigenvalue weighted by Crippen LogP contribution is 2.25. The molecule has 1 amide bonds. The molecule has 0 saturated carbocycles. The molecule has 0 bridgehead atoms. The summed E-state index contributed by atoms with van der Waals surface area (Å²) in [5.41, 5.74) is 1.21. The molecule has 0 saturated heterocycles. The van der Waals surface area contributed by atoms with Gasteiger partial charge in [0.25, 0.3) is 0 Å². The zero-order chi connectivity index (χ0) is 21.7. The van der Waals surface area contributed by atoms with Gasteiger partial charge in [0.15, 0.2) is 0 Å². The van der Waals surface area contributed by atoms with Gasteiger partial charge in [-0.15, -0.1) is 0 Å². The zero-order valence-electron chi connectivity index (χ0n) is 15.6. The fourth-order valence-corrected chi connectivity index (χ4v) is 4.79. The Morgan fingerprint density at radius 2 is 1.60 bits per heavy atom. The molecule has 3 aromatic carbocycles. The van der Waals surface area contributed by atoms with Crippen molar-refractivity contribution < 1.29 is 13.2 Å². The highest BCUT2D eigenvalue weighted by atomic mass is 127. The van der Waals surface area contributed by atoms with E-state index in [4.69, 9.17) is 23.2 Å². The number of amides is 1. The van der Waals surface area contributed by atoms with E-state index in [2.05, 4.69) is 27.9 Å². The van der Waals surface area contributed by atoms with E-state index in [1.54, 1.807) is 48.5 Å². The summed E-state index contributed by atoms with van der Waals surface area (Å²) in [6, 6.07) is 20.1. The zero-order valence-corrected chi connectivity index (χ0v) is 20.0. The lowest BCUT2D eigenvalue weighted by molar-refractivity contribution is -0.116. The van der Waals surface area contributed by atoms with Gasteiger partial charge in [-0.05, 0) is 76.7 Å². The van der Waals surface area contributed by atoms with E-state index >= 15 is 0 Å². The largest absolute Gasteiger partial charge is 0.325 e. The highest BCUT2D eigenvalue weighted by molar-refractivity contribution is 14.1. The van der Waals surface area contributed by atoms with Crippen molar-refractivity contribution in [1.29, 1.82) is 0 Å². The Hall–Kier alpha value is -1.65. The summed E-state index contributed by atoms with van der Waals surface area (Å²) in [5.74, 6) is -0.448. The van der Waals surface area contributed by atoms with Gasteiger partial charge in [-0.25, -0.2) is 8.42 Å². The van der Waals surface area contributed by atoms with Crippen molar-refractivity contribution in [2.24, 2.45) is 0 Å². The van der Waals surface area contributed by atoms with Gasteiger partial charge in [0.2, 0.25) is 15.9 Å². The summed E-state index contributed by atoms with van der Waals surface area (Å²) >= 11 is 14.2. The maximum Gasteiger partial charge on any atom is 0.243 e. The Morgan fingerprint density at radius 1 is 0.933 bits per heavy atom. The summed E-state index contributed by atoms with van der Waals surface area (Å²) in [7, 11) is -3.92. The maximum atomic E-state index is 13.2. The van der Waals surface area contributed by atoms with Crippen LogP contribution in [0.5, 0.6) is 0 Å². The molecule has 0 spiro atoms. The van der Waals surface area contributed by atoms with Crippen LogP contribution in [0.3, 0.4) is 0 Å². The van der Waals surface area contributed by atoms with Gasteiger partial charge in [0.05, 0.1) is 21.5 Å². The number of carbonyl (C=O) groups excluding carboxylic acids is 1. The maximum absolute atomic E-state index is 13.2. The van der Waals surface area contributed by atoms with Crippen LogP contribution in [0.1, 0.15) is 5.56 Å². The Kier molecular flexibility index (Phi) is 7.75. The number of sulfonamides is 1. The molecular formula is C21H17Cl2IN2O3S. The van der Waals surface area contributed by atoms with Crippen LogP contribution in [0.4, 0.5) is 5.69 Å². The van der Waals surface area contributed by atoms with Crippen LogP contribution in [0, 0.1) is 3.57 Å². The van der Waals surface area contributed by atoms with E-state index in [-0.39, 0.29) is 18.0 Å². The van der Waals surface area contributed by atoms with Crippen molar-refractivity contribution in [3.63, 3.8) is 0 Å². The molecule has 0 atom stereocenters. The fraction of sp³-hybridized carbons (Fsp3) is 0.0952. The number of nitrogens with zero attached hydrogens (tertiary/aromatic N) is 1. The predicted octanol–water partition coefficient (Wildman–Crippen LogP) is 5.43. The highest BCUT2D eigenvalue weighted by Gasteiger charge is 2.27. The first-order chi connectivity index (χ1) is 14.3. The molecule has 5 nitrogen and oxygen atoms in total. The minimum absolute atomic E-state index is 0.0335. The van der Waals surface area contributed by atoms with Gasteiger partial charge >= 0.3 is 0 Å². The minimum Gasteiger partial charge on any atom is -0.325 e. The lowest BCUT2D eigenvalue weighted by atomic mass is 10.2. The third kappa shape index (κ3) is 5.95. The molecule has 0 fully saturated rings. The average molecular weight is 575 g/mol. The van der Waals surface area contributed by atoms with Gasteiger partial charge < -0.3 is 5.32 Å². The van der Waals surface area contributed by atoms with Crippen LogP contribution in [-0.2, 0) is 21.4 Å². The average Bonchev–Trinajstić information content (AvgIpc) is 2.72. The molecular weight excluding hydrogens is 558 g/mol. The molecule has 30 heavy (non-hydrogen) atoms. The molecule has 9 heteroatoms. The molecule has 0 aromatic heterocycles. The van der Waals surface area contributed by atoms with Crippen LogP contribution in [0.25, 0.3) is 0 Å². The van der Waals surface area contributed by atoms with E-state index in [1.807, 2.05) is 12.1 Å². The first-order valence-electron chi connectivity index (χ1n) is 8.80. The van der Waals surface area contributed by atoms with E-state index in [0.29, 0.717) is 21.3 Å². The normalized spacial score (nSPS) is 11.5. The Balaban J connectivity index is 1.87. The van der Waals surface area contributed by atoms with Crippen LogP contribution in [-0.4, -0.2) is 25.2 Å². The molecule has 3 rings (SSSR count). The van der Waals surface area contributed by atoms with Gasteiger partial charge in [0.1, 0.15) is 0 Å². The number of halogens is 3. The molecule has 0 radical (unpaired) electrons. The third-order valence-electron chi connectivity index (χ3n) is 4.17. The summed E-state index contributed by atoms with van der Waals surface area (Å²) in [6.45, 7) is -0.391. The minimum atomic E-state index is -3.92. The number of hydrogen-bond acceptors (Lipinski definition) is 3. The monoisotopic (exact) mass is 574 g/mol. The van der Waals surface area contributed by atoms with E-state index in [1.165, 1.54) is 12.1 Å². The number of rotatable bonds is 7. The SMILES string of the molecule is O=C(CN(Cc1ccc(Cl)c(Cl)c1)S(=O)(=O)c1ccccc1)Nc1ccc(I)cc1. The van der Waals surface area contributed by atoms with Crippen molar-refractivity contribution in [1.82, 2.24) is 4.31 Å². The lowest BCUT2D eigenvalue weighted by Gasteiger charge is -2.22. The van der Waals surface area contributed by atoms with Crippen molar-refractivity contribution in [3.8, 4) is 0 Å². The Morgan fingerprint density at radius 3 is 2.23 bits per heavy atom. The van der Waals surface area contributed by atoms with Crippen LogP contribution in [0.2, 0.25) is 10.0 Å².